The van der Waals surface area contributed by atoms with Gasteiger partial charge >= 0.3 is 0 Å². The first-order chi connectivity index (χ1) is 8.60. The van der Waals surface area contributed by atoms with E-state index in [9.17, 15) is 10.1 Å². The van der Waals surface area contributed by atoms with E-state index in [4.69, 9.17) is 11.6 Å². The van der Waals surface area contributed by atoms with Crippen molar-refractivity contribution in [3.8, 4) is 0 Å². The van der Waals surface area contributed by atoms with Gasteiger partial charge in [-0.05, 0) is 25.6 Å². The molecule has 1 N–H and O–H groups in total. The minimum atomic E-state index is -0.350. The first-order valence-electron chi connectivity index (χ1n) is 5.92. The van der Waals surface area contributed by atoms with Crippen LogP contribution in [-0.4, -0.2) is 36.0 Å². The zero-order valence-electron chi connectivity index (χ0n) is 10.2. The van der Waals surface area contributed by atoms with Crippen LogP contribution in [0.1, 0.15) is 12.0 Å². The van der Waals surface area contributed by atoms with E-state index >= 15 is 0 Å². The van der Waals surface area contributed by atoms with Gasteiger partial charge in [0, 0.05) is 42.3 Å². The lowest BCUT2D eigenvalue weighted by Gasteiger charge is -2.16. The molecule has 98 valence electrons. The molecule has 0 aromatic heterocycles. The summed E-state index contributed by atoms with van der Waals surface area (Å²) in [4.78, 5) is 12.8. The Morgan fingerprint density at radius 1 is 1.61 bits per heavy atom. The van der Waals surface area contributed by atoms with Crippen LogP contribution in [0.3, 0.4) is 0 Å². The van der Waals surface area contributed by atoms with Gasteiger partial charge in [-0.25, -0.2) is 0 Å². The third-order valence-corrected chi connectivity index (χ3v) is 3.55. The molecule has 1 saturated heterocycles. The number of nitrogens with zero attached hydrogens (tertiary/aromatic N) is 2. The van der Waals surface area contributed by atoms with Crippen LogP contribution >= 0.6 is 11.6 Å². The summed E-state index contributed by atoms with van der Waals surface area (Å²) in [6.45, 7) is 2.45. The second kappa shape index (κ2) is 5.65. The molecule has 1 fully saturated rings. The molecular formula is C12H16ClN3O2. The Hall–Kier alpha value is -1.17. The normalized spacial score (nSPS) is 20.2. The molecule has 1 aliphatic heterocycles. The fourth-order valence-corrected chi connectivity index (χ4v) is 2.51. The molecule has 0 radical (unpaired) electrons. The molecule has 0 amide bonds. The number of nitro benzene ring substituents is 1. The van der Waals surface area contributed by atoms with E-state index in [-0.39, 0.29) is 10.6 Å². The van der Waals surface area contributed by atoms with Crippen molar-refractivity contribution in [2.75, 3.05) is 20.1 Å². The van der Waals surface area contributed by atoms with Crippen LogP contribution < -0.4 is 5.32 Å². The van der Waals surface area contributed by atoms with Crippen molar-refractivity contribution >= 4 is 17.3 Å². The van der Waals surface area contributed by atoms with Crippen LogP contribution in [0.15, 0.2) is 18.2 Å². The Bertz CT molecular complexity index is 453. The van der Waals surface area contributed by atoms with Gasteiger partial charge in [0.05, 0.1) is 4.92 Å². The van der Waals surface area contributed by atoms with Gasteiger partial charge in [-0.15, -0.1) is 0 Å². The number of benzene rings is 1. The Labute approximate surface area is 111 Å². The smallest absolute Gasteiger partial charge is 0.273 e. The second-order valence-electron chi connectivity index (χ2n) is 4.54. The highest BCUT2D eigenvalue weighted by Gasteiger charge is 2.23. The topological polar surface area (TPSA) is 58.4 Å². The number of hydrogen-bond donors (Lipinski definition) is 1. The monoisotopic (exact) mass is 269 g/mol. The molecule has 1 unspecified atom stereocenters. The Balaban J connectivity index is 2.13. The third kappa shape index (κ3) is 2.98. The van der Waals surface area contributed by atoms with E-state index in [2.05, 4.69) is 10.2 Å². The molecule has 1 atom stereocenters. The zero-order valence-corrected chi connectivity index (χ0v) is 11.0. The highest BCUT2D eigenvalue weighted by molar-refractivity contribution is 6.30. The van der Waals surface area contributed by atoms with Crippen molar-refractivity contribution in [2.24, 2.45) is 0 Å². The predicted molar refractivity (Wildman–Crippen MR) is 70.8 cm³/mol. The van der Waals surface area contributed by atoms with E-state index in [1.165, 1.54) is 6.07 Å². The average Bonchev–Trinajstić information content (AvgIpc) is 2.76. The summed E-state index contributed by atoms with van der Waals surface area (Å²) in [7, 11) is 1.94. The Morgan fingerprint density at radius 3 is 3.00 bits per heavy atom. The van der Waals surface area contributed by atoms with Crippen molar-refractivity contribution in [2.45, 2.75) is 19.0 Å². The summed E-state index contributed by atoms with van der Waals surface area (Å²) in [6, 6.07) is 5.20. The maximum absolute atomic E-state index is 11.0. The summed E-state index contributed by atoms with van der Waals surface area (Å²) in [5.41, 5.74) is 0.830. The maximum Gasteiger partial charge on any atom is 0.273 e. The fraction of sp³-hybridized carbons (Fsp3) is 0.500. The molecule has 0 aliphatic carbocycles. The van der Waals surface area contributed by atoms with E-state index < -0.39 is 0 Å². The fourth-order valence-electron chi connectivity index (χ4n) is 2.31. The molecule has 1 aliphatic rings. The SMILES string of the molecule is CNC1CCN(Cc2cc(Cl)ccc2[N+](=O)[O-])C1. The summed E-state index contributed by atoms with van der Waals surface area (Å²) < 4.78 is 0. The van der Waals surface area contributed by atoms with E-state index in [0.717, 1.165) is 19.5 Å². The average molecular weight is 270 g/mol. The number of likely N-dealkylation sites (tertiary alicyclic amines) is 1. The lowest BCUT2D eigenvalue weighted by Crippen LogP contribution is -2.29. The van der Waals surface area contributed by atoms with Crippen LogP contribution in [-0.2, 0) is 6.54 Å². The number of nitro groups is 1. The molecule has 1 aromatic carbocycles. The number of hydrogen-bond acceptors (Lipinski definition) is 4. The van der Waals surface area contributed by atoms with Crippen molar-refractivity contribution in [1.29, 1.82) is 0 Å². The number of nitrogens with one attached hydrogen (secondary N) is 1. The molecule has 1 aromatic rings. The van der Waals surface area contributed by atoms with Crippen molar-refractivity contribution in [3.63, 3.8) is 0 Å². The summed E-state index contributed by atoms with van der Waals surface area (Å²) in [6.07, 6.45) is 1.07. The van der Waals surface area contributed by atoms with Gasteiger partial charge in [-0.2, -0.15) is 0 Å². The number of likely N-dealkylation sites (N-methyl/N-ethyl adjacent to an activating group) is 1. The lowest BCUT2D eigenvalue weighted by atomic mass is 10.1. The van der Waals surface area contributed by atoms with Crippen LogP contribution in [0.25, 0.3) is 0 Å². The molecule has 0 spiro atoms. The lowest BCUT2D eigenvalue weighted by molar-refractivity contribution is -0.385. The largest absolute Gasteiger partial charge is 0.316 e. The van der Waals surface area contributed by atoms with Gasteiger partial charge < -0.3 is 5.32 Å². The first-order valence-corrected chi connectivity index (χ1v) is 6.30. The molecule has 5 nitrogen and oxygen atoms in total. The van der Waals surface area contributed by atoms with E-state index in [0.29, 0.717) is 23.2 Å². The molecule has 2 rings (SSSR count). The summed E-state index contributed by atoms with van der Waals surface area (Å²) >= 11 is 5.91. The number of halogens is 1. The van der Waals surface area contributed by atoms with Crippen molar-refractivity contribution < 1.29 is 4.92 Å². The minimum Gasteiger partial charge on any atom is -0.316 e. The molecule has 6 heteroatoms. The minimum absolute atomic E-state index is 0.146. The van der Waals surface area contributed by atoms with Crippen LogP contribution in [0.2, 0.25) is 5.02 Å². The van der Waals surface area contributed by atoms with Gasteiger partial charge in [-0.3, -0.25) is 15.0 Å². The van der Waals surface area contributed by atoms with Gasteiger partial charge in [0.15, 0.2) is 0 Å². The van der Waals surface area contributed by atoms with Gasteiger partial charge in [0.2, 0.25) is 0 Å². The Kier molecular flexibility index (Phi) is 4.16. The van der Waals surface area contributed by atoms with Crippen molar-refractivity contribution in [3.05, 3.63) is 38.9 Å². The summed E-state index contributed by atoms with van der Waals surface area (Å²) in [5, 5.41) is 14.7. The van der Waals surface area contributed by atoms with Crippen molar-refractivity contribution in [1.82, 2.24) is 10.2 Å². The molecular weight excluding hydrogens is 254 g/mol. The molecule has 1 heterocycles. The van der Waals surface area contributed by atoms with Gasteiger partial charge in [0.25, 0.3) is 5.69 Å². The molecule has 18 heavy (non-hydrogen) atoms. The second-order valence-corrected chi connectivity index (χ2v) is 4.98. The van der Waals surface area contributed by atoms with Crippen LogP contribution in [0.5, 0.6) is 0 Å². The highest BCUT2D eigenvalue weighted by atomic mass is 35.5. The first kappa shape index (κ1) is 13.3. The van der Waals surface area contributed by atoms with Crippen LogP contribution in [0, 0.1) is 10.1 Å². The predicted octanol–water partition coefficient (Wildman–Crippen LogP) is 2.04. The number of rotatable bonds is 4. The highest BCUT2D eigenvalue weighted by Crippen LogP contribution is 2.25. The van der Waals surface area contributed by atoms with Gasteiger partial charge in [-0.1, -0.05) is 11.6 Å². The van der Waals surface area contributed by atoms with E-state index in [1.807, 2.05) is 7.05 Å². The standard InChI is InChI=1S/C12H16ClN3O2/c1-14-11-4-5-15(8-11)7-9-6-10(13)2-3-12(9)16(17)18/h2-3,6,11,14H,4-5,7-8H2,1H3. The Morgan fingerprint density at radius 2 is 2.39 bits per heavy atom. The van der Waals surface area contributed by atoms with Crippen LogP contribution in [0.4, 0.5) is 5.69 Å². The summed E-state index contributed by atoms with van der Waals surface area (Å²) in [5.74, 6) is 0. The zero-order chi connectivity index (χ0) is 13.1. The third-order valence-electron chi connectivity index (χ3n) is 3.31. The van der Waals surface area contributed by atoms with Gasteiger partial charge in [0.1, 0.15) is 0 Å². The molecule has 0 bridgehead atoms. The quantitative estimate of drug-likeness (QED) is 0.671. The molecule has 0 saturated carbocycles. The maximum atomic E-state index is 11.0. The van der Waals surface area contributed by atoms with E-state index in [1.54, 1.807) is 12.1 Å².